The molecular weight excluding hydrogens is 204 g/mol. The molecule has 0 aromatic heterocycles. The Morgan fingerprint density at radius 1 is 1.36 bits per heavy atom. The highest BCUT2D eigenvalue weighted by Crippen LogP contribution is 2.25. The molecule has 2 atom stereocenters. The first kappa shape index (κ1) is 10.4. The molecule has 2 fully saturated rings. The quantitative estimate of drug-likeness (QED) is 0.591. The summed E-state index contributed by atoms with van der Waals surface area (Å²) in [7, 11) is -3.07. The van der Waals surface area contributed by atoms with Gasteiger partial charge in [0.2, 0.25) is 10.0 Å². The zero-order valence-electron chi connectivity index (χ0n) is 8.35. The number of likely N-dealkylation sites (N-methyl/N-ethyl adjacent to an activating group) is 1. The van der Waals surface area contributed by atoms with Crippen LogP contribution in [0.5, 0.6) is 0 Å². The molecule has 0 aromatic carbocycles. The molecule has 0 N–H and O–H groups in total. The fourth-order valence-corrected chi connectivity index (χ4v) is 3.65. The molecule has 2 heterocycles. The lowest BCUT2D eigenvalue weighted by atomic mass is 10.5. The number of nitrogens with zero attached hydrogens (tertiary/aromatic N) is 2. The Bertz CT molecular complexity index is 298. The van der Waals surface area contributed by atoms with Gasteiger partial charge in [0.15, 0.2) is 0 Å². The summed E-state index contributed by atoms with van der Waals surface area (Å²) in [5.41, 5.74) is 0. The van der Waals surface area contributed by atoms with E-state index in [1.165, 1.54) is 0 Å². The molecule has 2 aliphatic heterocycles. The lowest BCUT2D eigenvalue weighted by molar-refractivity contribution is 0.0728. The summed E-state index contributed by atoms with van der Waals surface area (Å²) in [6, 6.07) is 0. The fourth-order valence-electron chi connectivity index (χ4n) is 1.74. The fraction of sp³-hybridized carbons (Fsp3) is 1.00. The van der Waals surface area contributed by atoms with Gasteiger partial charge in [-0.1, -0.05) is 6.92 Å². The molecule has 6 heteroatoms. The van der Waals surface area contributed by atoms with Gasteiger partial charge in [-0.25, -0.2) is 8.42 Å². The van der Waals surface area contributed by atoms with E-state index in [2.05, 4.69) is 0 Å². The average Bonchev–Trinajstić information content (AvgIpc) is 2.98. The number of sulfonamides is 1. The van der Waals surface area contributed by atoms with Crippen LogP contribution in [0, 0.1) is 0 Å². The van der Waals surface area contributed by atoms with Gasteiger partial charge in [0.25, 0.3) is 0 Å². The van der Waals surface area contributed by atoms with Crippen LogP contribution in [0.25, 0.3) is 0 Å². The van der Waals surface area contributed by atoms with Gasteiger partial charge in [-0.05, 0) is 6.54 Å². The zero-order chi connectivity index (χ0) is 10.2. The van der Waals surface area contributed by atoms with E-state index in [1.54, 1.807) is 4.31 Å². The van der Waals surface area contributed by atoms with Gasteiger partial charge >= 0.3 is 0 Å². The van der Waals surface area contributed by atoms with Crippen molar-refractivity contribution in [3.05, 3.63) is 0 Å². The van der Waals surface area contributed by atoms with Gasteiger partial charge in [0.05, 0.1) is 13.2 Å². The Morgan fingerprint density at radius 3 is 2.50 bits per heavy atom. The Morgan fingerprint density at radius 2 is 2.00 bits per heavy atom. The summed E-state index contributed by atoms with van der Waals surface area (Å²) < 4.78 is 30.6. The summed E-state index contributed by atoms with van der Waals surface area (Å²) in [5, 5.41) is -0.259. The summed E-state index contributed by atoms with van der Waals surface area (Å²) in [5.74, 6) is 0. The molecule has 2 unspecified atom stereocenters. The van der Waals surface area contributed by atoms with Crippen LogP contribution in [-0.4, -0.2) is 62.4 Å². The standard InChI is InChI=1S/C8H16N2O3S/c1-2-9-7-8(9)14(11,12)10-3-5-13-6-4-10/h8H,2-7H2,1H3. The maximum atomic E-state index is 11.9. The Hall–Kier alpha value is -0.170. The van der Waals surface area contributed by atoms with E-state index >= 15 is 0 Å². The van der Waals surface area contributed by atoms with Crippen LogP contribution in [-0.2, 0) is 14.8 Å². The van der Waals surface area contributed by atoms with Crippen molar-refractivity contribution in [2.45, 2.75) is 12.3 Å². The number of morpholine rings is 1. The first-order chi connectivity index (χ1) is 6.66. The number of hydrogen-bond acceptors (Lipinski definition) is 4. The maximum absolute atomic E-state index is 11.9. The summed E-state index contributed by atoms with van der Waals surface area (Å²) in [6.45, 7) is 5.56. The van der Waals surface area contributed by atoms with Gasteiger partial charge in [0.1, 0.15) is 5.37 Å². The molecule has 0 radical (unpaired) electrons. The molecule has 0 aromatic rings. The molecule has 0 bridgehead atoms. The van der Waals surface area contributed by atoms with E-state index in [0.29, 0.717) is 32.8 Å². The normalized spacial score (nSPS) is 34.4. The van der Waals surface area contributed by atoms with Gasteiger partial charge in [-0.15, -0.1) is 0 Å². The predicted octanol–water partition coefficient (Wildman–Crippen LogP) is -0.690. The molecule has 2 rings (SSSR count). The van der Waals surface area contributed by atoms with Crippen molar-refractivity contribution < 1.29 is 13.2 Å². The lowest BCUT2D eigenvalue weighted by Crippen LogP contribution is -2.43. The molecule has 14 heavy (non-hydrogen) atoms. The number of ether oxygens (including phenoxy) is 1. The van der Waals surface area contributed by atoms with Crippen molar-refractivity contribution in [2.24, 2.45) is 0 Å². The molecule has 2 saturated heterocycles. The second-order valence-corrected chi connectivity index (χ2v) is 5.69. The second kappa shape index (κ2) is 3.77. The van der Waals surface area contributed by atoms with Crippen LogP contribution < -0.4 is 0 Å². The van der Waals surface area contributed by atoms with Crippen LogP contribution in [0.1, 0.15) is 6.92 Å². The topological polar surface area (TPSA) is 49.6 Å². The lowest BCUT2D eigenvalue weighted by Gasteiger charge is -2.25. The minimum absolute atomic E-state index is 0.259. The van der Waals surface area contributed by atoms with E-state index in [-0.39, 0.29) is 5.37 Å². The number of hydrogen-bond donors (Lipinski definition) is 0. The average molecular weight is 220 g/mol. The third-order valence-corrected chi connectivity index (χ3v) is 4.96. The Labute approximate surface area is 84.7 Å². The zero-order valence-corrected chi connectivity index (χ0v) is 9.16. The van der Waals surface area contributed by atoms with E-state index < -0.39 is 10.0 Å². The molecule has 5 nitrogen and oxygen atoms in total. The summed E-state index contributed by atoms with van der Waals surface area (Å²) >= 11 is 0. The van der Waals surface area contributed by atoms with Crippen LogP contribution >= 0.6 is 0 Å². The van der Waals surface area contributed by atoms with Gasteiger partial charge in [-0.2, -0.15) is 4.31 Å². The van der Waals surface area contributed by atoms with E-state index in [0.717, 1.165) is 6.54 Å². The monoisotopic (exact) mass is 220 g/mol. The van der Waals surface area contributed by atoms with E-state index in [9.17, 15) is 8.42 Å². The largest absolute Gasteiger partial charge is 0.379 e. The van der Waals surface area contributed by atoms with Crippen LogP contribution in [0.2, 0.25) is 0 Å². The molecule has 0 saturated carbocycles. The van der Waals surface area contributed by atoms with Crippen molar-refractivity contribution in [3.8, 4) is 0 Å². The summed E-state index contributed by atoms with van der Waals surface area (Å²) in [4.78, 5) is 1.95. The predicted molar refractivity (Wildman–Crippen MR) is 52.3 cm³/mol. The van der Waals surface area contributed by atoms with Crippen molar-refractivity contribution in [1.29, 1.82) is 0 Å². The second-order valence-electron chi connectivity index (χ2n) is 3.60. The SMILES string of the molecule is CCN1CC1S(=O)(=O)N1CCOCC1. The van der Waals surface area contributed by atoms with E-state index in [1.807, 2.05) is 11.8 Å². The third-order valence-electron chi connectivity index (χ3n) is 2.74. The van der Waals surface area contributed by atoms with E-state index in [4.69, 9.17) is 4.74 Å². The van der Waals surface area contributed by atoms with Crippen LogP contribution in [0.3, 0.4) is 0 Å². The number of rotatable bonds is 3. The molecule has 2 aliphatic rings. The van der Waals surface area contributed by atoms with Gasteiger partial charge in [0, 0.05) is 19.6 Å². The van der Waals surface area contributed by atoms with Crippen molar-refractivity contribution >= 4 is 10.0 Å². The minimum Gasteiger partial charge on any atom is -0.379 e. The van der Waals surface area contributed by atoms with Crippen LogP contribution in [0.4, 0.5) is 0 Å². The van der Waals surface area contributed by atoms with Crippen molar-refractivity contribution in [3.63, 3.8) is 0 Å². The summed E-state index contributed by atoms with van der Waals surface area (Å²) in [6.07, 6.45) is 0. The molecule has 82 valence electrons. The first-order valence-corrected chi connectivity index (χ1v) is 6.47. The highest BCUT2D eigenvalue weighted by atomic mass is 32.2. The Balaban J connectivity index is 2.01. The third kappa shape index (κ3) is 1.79. The molecule has 0 aliphatic carbocycles. The molecular formula is C8H16N2O3S. The van der Waals surface area contributed by atoms with Gasteiger partial charge in [-0.3, -0.25) is 4.90 Å². The molecule has 0 amide bonds. The van der Waals surface area contributed by atoms with Crippen molar-refractivity contribution in [2.75, 3.05) is 39.4 Å². The van der Waals surface area contributed by atoms with Gasteiger partial charge < -0.3 is 4.74 Å². The van der Waals surface area contributed by atoms with Crippen LogP contribution in [0.15, 0.2) is 0 Å². The van der Waals surface area contributed by atoms with Crippen molar-refractivity contribution in [1.82, 2.24) is 9.21 Å². The first-order valence-electron chi connectivity index (χ1n) is 4.97. The highest BCUT2D eigenvalue weighted by molar-refractivity contribution is 7.90. The highest BCUT2D eigenvalue weighted by Gasteiger charge is 2.46. The Kier molecular flexibility index (Phi) is 2.79. The minimum atomic E-state index is -3.07. The maximum Gasteiger partial charge on any atom is 0.231 e. The molecule has 0 spiro atoms. The smallest absolute Gasteiger partial charge is 0.231 e.